The van der Waals surface area contributed by atoms with E-state index in [0.29, 0.717) is 10.0 Å². The molecule has 0 atom stereocenters. The average Bonchev–Trinajstić information content (AvgIpc) is 2.36. The molecule has 94 valence electrons. The number of hydrogen-bond donors (Lipinski definition) is 1. The molecule has 0 bridgehead atoms. The normalized spacial score (nSPS) is 10.7. The van der Waals surface area contributed by atoms with E-state index in [4.69, 9.17) is 28.3 Å². The van der Waals surface area contributed by atoms with Gasteiger partial charge in [0.2, 0.25) is 0 Å². The summed E-state index contributed by atoms with van der Waals surface area (Å²) in [5.41, 5.74) is 2.06. The molecule has 0 aliphatic rings. The lowest BCUT2D eigenvalue weighted by Gasteiger charge is -2.08. The first kappa shape index (κ1) is 13.8. The Morgan fingerprint density at radius 3 is 2.44 bits per heavy atom. The van der Waals surface area contributed by atoms with Crippen LogP contribution >= 0.6 is 35.0 Å². The van der Waals surface area contributed by atoms with Gasteiger partial charge in [-0.1, -0.05) is 47.1 Å². The summed E-state index contributed by atoms with van der Waals surface area (Å²) in [4.78, 5) is 2.19. The van der Waals surface area contributed by atoms with Gasteiger partial charge in [0.25, 0.3) is 0 Å². The zero-order valence-electron chi connectivity index (χ0n) is 9.78. The van der Waals surface area contributed by atoms with Gasteiger partial charge in [-0.05, 0) is 42.3 Å². The predicted molar refractivity (Wildman–Crippen MR) is 77.7 cm³/mol. The SMILES string of the molecule is Cc1cc(CO)ccc1Sc1ccc(Cl)c(Cl)c1. The summed E-state index contributed by atoms with van der Waals surface area (Å²) >= 11 is 13.5. The van der Waals surface area contributed by atoms with Crippen molar-refractivity contribution < 1.29 is 5.11 Å². The van der Waals surface area contributed by atoms with Crippen molar-refractivity contribution in [3.05, 3.63) is 57.6 Å². The standard InChI is InChI=1S/C14H12Cl2OS/c1-9-6-10(8-17)2-5-14(9)18-11-3-4-12(15)13(16)7-11/h2-7,17H,8H2,1H3. The molecule has 0 aromatic heterocycles. The third-order valence-electron chi connectivity index (χ3n) is 2.54. The molecule has 0 amide bonds. The second kappa shape index (κ2) is 5.98. The third kappa shape index (κ3) is 3.21. The first-order chi connectivity index (χ1) is 8.60. The first-order valence-corrected chi connectivity index (χ1v) is 7.00. The van der Waals surface area contributed by atoms with Gasteiger partial charge in [-0.2, -0.15) is 0 Å². The van der Waals surface area contributed by atoms with Crippen LogP contribution < -0.4 is 0 Å². The molecule has 0 heterocycles. The molecule has 0 fully saturated rings. The van der Waals surface area contributed by atoms with Crippen molar-refractivity contribution in [1.82, 2.24) is 0 Å². The van der Waals surface area contributed by atoms with Crippen LogP contribution in [0.2, 0.25) is 10.0 Å². The zero-order chi connectivity index (χ0) is 13.1. The Morgan fingerprint density at radius 1 is 1.06 bits per heavy atom. The minimum absolute atomic E-state index is 0.0680. The zero-order valence-corrected chi connectivity index (χ0v) is 12.1. The second-order valence-electron chi connectivity index (χ2n) is 3.94. The largest absolute Gasteiger partial charge is 0.392 e. The highest BCUT2D eigenvalue weighted by Gasteiger charge is 2.04. The molecule has 2 aromatic carbocycles. The van der Waals surface area contributed by atoms with Crippen LogP contribution in [0.15, 0.2) is 46.2 Å². The molecule has 1 N–H and O–H groups in total. The molecule has 1 nitrogen and oxygen atoms in total. The van der Waals surface area contributed by atoms with Gasteiger partial charge in [-0.15, -0.1) is 0 Å². The Labute approximate surface area is 121 Å². The van der Waals surface area contributed by atoms with Gasteiger partial charge in [0.15, 0.2) is 0 Å². The van der Waals surface area contributed by atoms with E-state index < -0.39 is 0 Å². The van der Waals surface area contributed by atoms with Crippen LogP contribution in [0.1, 0.15) is 11.1 Å². The van der Waals surface area contributed by atoms with Crippen molar-refractivity contribution >= 4 is 35.0 Å². The Kier molecular flexibility index (Phi) is 4.57. The number of hydrogen-bond acceptors (Lipinski definition) is 2. The highest BCUT2D eigenvalue weighted by atomic mass is 35.5. The number of aliphatic hydroxyl groups is 1. The molecule has 0 radical (unpaired) electrons. The van der Waals surface area contributed by atoms with Crippen LogP contribution in [-0.2, 0) is 6.61 Å². The number of halogens is 2. The van der Waals surface area contributed by atoms with E-state index in [9.17, 15) is 0 Å². The van der Waals surface area contributed by atoms with E-state index in [-0.39, 0.29) is 6.61 Å². The van der Waals surface area contributed by atoms with E-state index in [1.54, 1.807) is 17.8 Å². The summed E-state index contributed by atoms with van der Waals surface area (Å²) in [7, 11) is 0. The predicted octanol–water partition coefficient (Wildman–Crippen LogP) is 4.95. The van der Waals surface area contributed by atoms with Crippen molar-refractivity contribution in [2.45, 2.75) is 23.3 Å². The van der Waals surface area contributed by atoms with Gasteiger partial charge in [0.05, 0.1) is 16.7 Å². The summed E-state index contributed by atoms with van der Waals surface area (Å²) in [6.45, 7) is 2.09. The maximum atomic E-state index is 9.07. The van der Waals surface area contributed by atoms with Crippen LogP contribution in [0.3, 0.4) is 0 Å². The number of benzene rings is 2. The topological polar surface area (TPSA) is 20.2 Å². The summed E-state index contributed by atoms with van der Waals surface area (Å²) in [5.74, 6) is 0. The lowest BCUT2D eigenvalue weighted by atomic mass is 10.1. The Balaban J connectivity index is 2.25. The number of rotatable bonds is 3. The second-order valence-corrected chi connectivity index (χ2v) is 5.87. The third-order valence-corrected chi connectivity index (χ3v) is 4.45. The fourth-order valence-electron chi connectivity index (χ4n) is 1.59. The fourth-order valence-corrected chi connectivity index (χ4v) is 2.88. The van der Waals surface area contributed by atoms with Crippen molar-refractivity contribution in [2.24, 2.45) is 0 Å². The van der Waals surface area contributed by atoms with Crippen molar-refractivity contribution in [1.29, 1.82) is 0 Å². The van der Waals surface area contributed by atoms with Gasteiger partial charge in [0, 0.05) is 9.79 Å². The number of aliphatic hydroxyl groups excluding tert-OH is 1. The monoisotopic (exact) mass is 298 g/mol. The van der Waals surface area contributed by atoms with Crippen molar-refractivity contribution in [3.63, 3.8) is 0 Å². The van der Waals surface area contributed by atoms with Crippen molar-refractivity contribution in [2.75, 3.05) is 0 Å². The Hall–Kier alpha value is -0.670. The molecule has 18 heavy (non-hydrogen) atoms. The molecule has 0 saturated carbocycles. The highest BCUT2D eigenvalue weighted by Crippen LogP contribution is 2.34. The summed E-state index contributed by atoms with van der Waals surface area (Å²) in [6.07, 6.45) is 0. The van der Waals surface area contributed by atoms with Crippen LogP contribution in [-0.4, -0.2) is 5.11 Å². The Bertz CT molecular complexity index is 570. The molecule has 4 heteroatoms. The number of aryl methyl sites for hydroxylation is 1. The van der Waals surface area contributed by atoms with Gasteiger partial charge >= 0.3 is 0 Å². The summed E-state index contributed by atoms with van der Waals surface area (Å²) < 4.78 is 0. The van der Waals surface area contributed by atoms with Crippen LogP contribution in [0.5, 0.6) is 0 Å². The van der Waals surface area contributed by atoms with Gasteiger partial charge in [-0.25, -0.2) is 0 Å². The lowest BCUT2D eigenvalue weighted by molar-refractivity contribution is 0.281. The van der Waals surface area contributed by atoms with E-state index in [2.05, 4.69) is 0 Å². The summed E-state index contributed by atoms with van der Waals surface area (Å²) in [6, 6.07) is 11.5. The quantitative estimate of drug-likeness (QED) is 0.865. The van der Waals surface area contributed by atoms with Crippen molar-refractivity contribution in [3.8, 4) is 0 Å². The van der Waals surface area contributed by atoms with Gasteiger partial charge < -0.3 is 5.11 Å². The van der Waals surface area contributed by atoms with Crippen LogP contribution in [0.4, 0.5) is 0 Å². The van der Waals surface area contributed by atoms with E-state index in [0.717, 1.165) is 20.9 Å². The smallest absolute Gasteiger partial charge is 0.0681 e. The van der Waals surface area contributed by atoms with Gasteiger partial charge in [-0.3, -0.25) is 0 Å². The van der Waals surface area contributed by atoms with E-state index in [1.807, 2.05) is 37.3 Å². The molecule has 0 spiro atoms. The van der Waals surface area contributed by atoms with E-state index >= 15 is 0 Å². The minimum atomic E-state index is 0.0680. The van der Waals surface area contributed by atoms with Crippen LogP contribution in [0, 0.1) is 6.92 Å². The van der Waals surface area contributed by atoms with E-state index in [1.165, 1.54) is 0 Å². The molecule has 0 aliphatic heterocycles. The minimum Gasteiger partial charge on any atom is -0.392 e. The molecule has 0 aliphatic carbocycles. The lowest BCUT2D eigenvalue weighted by Crippen LogP contribution is -1.86. The molecular weight excluding hydrogens is 287 g/mol. The molecule has 2 aromatic rings. The van der Waals surface area contributed by atoms with Gasteiger partial charge in [0.1, 0.15) is 0 Å². The van der Waals surface area contributed by atoms with Crippen LogP contribution in [0.25, 0.3) is 0 Å². The maximum Gasteiger partial charge on any atom is 0.0681 e. The maximum absolute atomic E-state index is 9.07. The summed E-state index contributed by atoms with van der Waals surface area (Å²) in [5, 5.41) is 10.2. The first-order valence-electron chi connectivity index (χ1n) is 5.43. The Morgan fingerprint density at radius 2 is 1.83 bits per heavy atom. The highest BCUT2D eigenvalue weighted by molar-refractivity contribution is 7.99. The molecule has 2 rings (SSSR count). The fraction of sp³-hybridized carbons (Fsp3) is 0.143. The molecular formula is C14H12Cl2OS. The molecule has 0 unspecified atom stereocenters. The average molecular weight is 299 g/mol. The molecule has 0 saturated heterocycles.